The molecule has 0 atom stereocenters. The van der Waals surface area contributed by atoms with Gasteiger partial charge < -0.3 is 21.7 Å². The summed E-state index contributed by atoms with van der Waals surface area (Å²) in [5, 5.41) is 0. The zero-order chi connectivity index (χ0) is 23.9. The van der Waals surface area contributed by atoms with Crippen molar-refractivity contribution < 1.29 is 35.9 Å². The second kappa shape index (κ2) is 13.2. The molecule has 35 heavy (non-hydrogen) atoms. The third-order valence-electron chi connectivity index (χ3n) is 5.07. The van der Waals surface area contributed by atoms with Crippen LogP contribution in [-0.2, 0) is 21.7 Å². The lowest BCUT2D eigenvalue weighted by molar-refractivity contribution is -0.598. The first kappa shape index (κ1) is 27.3. The van der Waals surface area contributed by atoms with Gasteiger partial charge in [0.2, 0.25) is 11.5 Å². The number of ether oxygens (including phenoxy) is 1. The SMILES string of the molecule is CCOC(=O)Cc1c(C(=O)c2ccc(Br)cc2)sc(SCc2ccccc2)c1-[n+]1ccccc1.[Br-]. The monoisotopic (exact) mass is 631 g/mol. The Kier molecular flexibility index (Phi) is 10.3. The normalized spacial score (nSPS) is 10.5. The minimum absolute atomic E-state index is 0. The van der Waals surface area contributed by atoms with Crippen molar-refractivity contribution in [2.45, 2.75) is 23.3 Å². The number of nitrogens with zero attached hydrogens (tertiary/aromatic N) is 1. The van der Waals surface area contributed by atoms with Crippen molar-refractivity contribution in [3.63, 3.8) is 0 Å². The van der Waals surface area contributed by atoms with E-state index in [4.69, 9.17) is 4.74 Å². The number of ketones is 1. The predicted molar refractivity (Wildman–Crippen MR) is 140 cm³/mol. The Morgan fingerprint density at radius 1 is 0.971 bits per heavy atom. The minimum Gasteiger partial charge on any atom is -1.00 e. The molecule has 2 heterocycles. The third-order valence-corrected chi connectivity index (χ3v) is 8.15. The standard InChI is InChI=1S/C27H23BrNO3S2.BrH/c1-2-32-23(30)17-22-24(29-15-7-4-8-16-29)27(33-18-19-9-5-3-6-10-19)34-26(22)25(31)20-11-13-21(28)14-12-20;/h3-16H,2,17-18H2,1H3;1H/q+1;/p-1. The van der Waals surface area contributed by atoms with Crippen molar-refractivity contribution in [3.8, 4) is 5.69 Å². The van der Waals surface area contributed by atoms with Gasteiger partial charge in [-0.15, -0.1) is 23.1 Å². The van der Waals surface area contributed by atoms with Crippen LogP contribution >= 0.6 is 39.0 Å². The summed E-state index contributed by atoms with van der Waals surface area (Å²) in [6, 6.07) is 23.3. The fourth-order valence-corrected chi connectivity index (χ4v) is 6.30. The smallest absolute Gasteiger partial charge is 0.310 e. The van der Waals surface area contributed by atoms with Crippen LogP contribution in [0.1, 0.15) is 33.3 Å². The summed E-state index contributed by atoms with van der Waals surface area (Å²) in [7, 11) is 0. The quantitative estimate of drug-likeness (QED) is 0.123. The lowest BCUT2D eigenvalue weighted by Crippen LogP contribution is -3.00. The molecule has 0 fully saturated rings. The van der Waals surface area contributed by atoms with E-state index in [9.17, 15) is 9.59 Å². The first-order valence-electron chi connectivity index (χ1n) is 10.8. The van der Waals surface area contributed by atoms with Crippen LogP contribution in [0, 0.1) is 0 Å². The number of rotatable bonds is 9. The van der Waals surface area contributed by atoms with Gasteiger partial charge in [0.1, 0.15) is 4.21 Å². The Morgan fingerprint density at radius 2 is 1.63 bits per heavy atom. The molecule has 180 valence electrons. The van der Waals surface area contributed by atoms with Gasteiger partial charge in [-0.25, -0.2) is 0 Å². The number of esters is 1. The molecule has 0 aliphatic heterocycles. The number of benzene rings is 2. The lowest BCUT2D eigenvalue weighted by Gasteiger charge is -2.06. The zero-order valence-corrected chi connectivity index (χ0v) is 23.8. The molecule has 0 N–H and O–H groups in total. The van der Waals surface area contributed by atoms with Crippen LogP contribution in [0.2, 0.25) is 0 Å². The maximum Gasteiger partial charge on any atom is 0.310 e. The van der Waals surface area contributed by atoms with Gasteiger partial charge in [-0.2, -0.15) is 4.57 Å². The first-order chi connectivity index (χ1) is 16.6. The average Bonchev–Trinajstić information content (AvgIpc) is 3.22. The summed E-state index contributed by atoms with van der Waals surface area (Å²) in [4.78, 5) is 26.8. The van der Waals surface area contributed by atoms with Crippen molar-refractivity contribution >= 4 is 50.8 Å². The van der Waals surface area contributed by atoms with E-state index in [1.807, 2.05) is 65.5 Å². The zero-order valence-electron chi connectivity index (χ0n) is 18.9. The molecule has 4 aromatic rings. The third kappa shape index (κ3) is 6.91. The second-order valence-corrected chi connectivity index (χ2v) is 10.6. The van der Waals surface area contributed by atoms with Crippen molar-refractivity contribution in [1.82, 2.24) is 0 Å². The van der Waals surface area contributed by atoms with Gasteiger partial charge in [0.25, 0.3) is 0 Å². The van der Waals surface area contributed by atoms with Gasteiger partial charge in [0, 0.05) is 27.9 Å². The number of thiophene rings is 1. The fourth-order valence-electron chi connectivity index (χ4n) is 3.50. The summed E-state index contributed by atoms with van der Waals surface area (Å²) >= 11 is 6.54. The van der Waals surface area contributed by atoms with E-state index in [-0.39, 0.29) is 35.2 Å². The molecule has 0 radical (unpaired) electrons. The summed E-state index contributed by atoms with van der Waals surface area (Å²) < 4.78 is 9.14. The van der Waals surface area contributed by atoms with Gasteiger partial charge in [-0.3, -0.25) is 9.59 Å². The van der Waals surface area contributed by atoms with Crippen LogP contribution in [0.25, 0.3) is 5.69 Å². The van der Waals surface area contributed by atoms with E-state index in [1.54, 1.807) is 30.8 Å². The maximum atomic E-state index is 13.6. The minimum atomic E-state index is -0.345. The topological polar surface area (TPSA) is 47.3 Å². The molecular weight excluding hydrogens is 610 g/mol. The number of thioether (sulfide) groups is 1. The van der Waals surface area contributed by atoms with Gasteiger partial charge in [0.05, 0.1) is 23.5 Å². The molecule has 0 unspecified atom stereocenters. The van der Waals surface area contributed by atoms with Gasteiger partial charge in [0.15, 0.2) is 12.4 Å². The van der Waals surface area contributed by atoms with Crippen LogP contribution in [0.5, 0.6) is 0 Å². The van der Waals surface area contributed by atoms with Crippen molar-refractivity contribution in [1.29, 1.82) is 0 Å². The van der Waals surface area contributed by atoms with Crippen LogP contribution in [0.4, 0.5) is 0 Å². The Balaban J connectivity index is 0.00000342. The van der Waals surface area contributed by atoms with E-state index in [0.29, 0.717) is 22.6 Å². The number of pyridine rings is 1. The molecule has 0 aliphatic rings. The highest BCUT2D eigenvalue weighted by molar-refractivity contribution is 9.10. The van der Waals surface area contributed by atoms with Crippen LogP contribution in [0.15, 0.2) is 93.9 Å². The molecule has 2 aromatic carbocycles. The van der Waals surface area contributed by atoms with Crippen LogP contribution in [0.3, 0.4) is 0 Å². The molecule has 0 aliphatic carbocycles. The molecule has 0 saturated heterocycles. The van der Waals surface area contributed by atoms with Gasteiger partial charge in [-0.1, -0.05) is 52.3 Å². The predicted octanol–water partition coefficient (Wildman–Crippen LogP) is 3.42. The van der Waals surface area contributed by atoms with Crippen LogP contribution < -0.4 is 21.5 Å². The number of aromatic nitrogens is 1. The first-order valence-corrected chi connectivity index (χ1v) is 13.4. The van der Waals surface area contributed by atoms with Crippen molar-refractivity contribution in [2.75, 3.05) is 6.61 Å². The van der Waals surface area contributed by atoms with E-state index in [2.05, 4.69) is 28.1 Å². The van der Waals surface area contributed by atoms with Gasteiger partial charge >= 0.3 is 5.97 Å². The summed E-state index contributed by atoms with van der Waals surface area (Å²) in [5.74, 6) is 0.315. The van der Waals surface area contributed by atoms with E-state index < -0.39 is 0 Å². The molecule has 0 spiro atoms. The number of carbonyl (C=O) groups is 2. The fraction of sp³-hybridized carbons (Fsp3) is 0.148. The molecular formula is C27H23Br2NO3S2. The average molecular weight is 633 g/mol. The maximum absolute atomic E-state index is 13.6. The molecule has 0 saturated carbocycles. The number of carbonyl (C=O) groups excluding carboxylic acids is 2. The van der Waals surface area contributed by atoms with Crippen molar-refractivity contribution in [2.24, 2.45) is 0 Å². The molecule has 8 heteroatoms. The number of hydrogen-bond acceptors (Lipinski definition) is 5. The molecule has 0 amide bonds. The van der Waals surface area contributed by atoms with E-state index in [0.717, 1.165) is 20.1 Å². The highest BCUT2D eigenvalue weighted by Gasteiger charge is 2.31. The number of halogens is 2. The van der Waals surface area contributed by atoms with Crippen LogP contribution in [-0.4, -0.2) is 18.4 Å². The Bertz CT molecular complexity index is 1280. The highest BCUT2D eigenvalue weighted by atomic mass is 79.9. The number of hydrogen-bond donors (Lipinski definition) is 0. The molecule has 4 rings (SSSR count). The highest BCUT2D eigenvalue weighted by Crippen LogP contribution is 2.39. The lowest BCUT2D eigenvalue weighted by atomic mass is 10.0. The van der Waals surface area contributed by atoms with E-state index in [1.165, 1.54) is 16.9 Å². The largest absolute Gasteiger partial charge is 1.00 e. The second-order valence-electron chi connectivity index (χ2n) is 7.42. The Morgan fingerprint density at radius 3 is 2.29 bits per heavy atom. The summed E-state index contributed by atoms with van der Waals surface area (Å²) in [5.41, 5.74) is 3.33. The van der Waals surface area contributed by atoms with Crippen molar-refractivity contribution in [3.05, 3.63) is 111 Å². The Labute approximate surface area is 232 Å². The van der Waals surface area contributed by atoms with Gasteiger partial charge in [-0.05, 0) is 36.8 Å². The molecule has 2 aromatic heterocycles. The summed E-state index contributed by atoms with van der Waals surface area (Å²) in [6.07, 6.45) is 3.92. The summed E-state index contributed by atoms with van der Waals surface area (Å²) in [6.45, 7) is 2.08. The molecule has 0 bridgehead atoms. The molecule has 4 nitrogen and oxygen atoms in total. The van der Waals surface area contributed by atoms with E-state index >= 15 is 0 Å². The Hall–Kier alpha value is -2.26.